The second-order valence-electron chi connectivity index (χ2n) is 9.06. The van der Waals surface area contributed by atoms with Crippen LogP contribution in [0.15, 0.2) is 54.6 Å². The van der Waals surface area contributed by atoms with E-state index >= 15 is 0 Å². The lowest BCUT2D eigenvalue weighted by molar-refractivity contribution is -0.186. The summed E-state index contributed by atoms with van der Waals surface area (Å²) >= 11 is 0. The number of halogens is 1. The molecule has 31 heavy (non-hydrogen) atoms. The maximum absolute atomic E-state index is 13.2. The minimum Gasteiger partial charge on any atom is -0.390 e. The van der Waals surface area contributed by atoms with Crippen molar-refractivity contribution in [1.29, 1.82) is 0 Å². The van der Waals surface area contributed by atoms with Crippen LogP contribution < -0.4 is 5.32 Å². The van der Waals surface area contributed by atoms with E-state index in [2.05, 4.69) is 40.5 Å². The molecule has 2 N–H and O–H groups in total. The van der Waals surface area contributed by atoms with Gasteiger partial charge in [0.05, 0.1) is 24.8 Å². The van der Waals surface area contributed by atoms with Crippen LogP contribution in [0.5, 0.6) is 0 Å². The molecule has 2 aromatic rings. The van der Waals surface area contributed by atoms with Crippen molar-refractivity contribution in [2.75, 3.05) is 19.7 Å². The number of hydrogen-bond donors (Lipinski definition) is 2. The Balaban J connectivity index is 1.19. The Morgan fingerprint density at radius 1 is 1.00 bits per heavy atom. The Morgan fingerprint density at radius 3 is 2.48 bits per heavy atom. The highest BCUT2D eigenvalue weighted by molar-refractivity contribution is 5.17. The van der Waals surface area contributed by atoms with Crippen molar-refractivity contribution in [3.63, 3.8) is 0 Å². The molecule has 0 aromatic heterocycles. The molecule has 0 unspecified atom stereocenters. The number of piperidine rings is 1. The zero-order chi connectivity index (χ0) is 21.2. The summed E-state index contributed by atoms with van der Waals surface area (Å²) in [4.78, 5) is 2.35. The van der Waals surface area contributed by atoms with Gasteiger partial charge in [-0.1, -0.05) is 42.5 Å². The van der Waals surface area contributed by atoms with Crippen LogP contribution in [0, 0.1) is 11.7 Å². The Labute approximate surface area is 183 Å². The first kappa shape index (κ1) is 21.0. The maximum atomic E-state index is 13.2. The summed E-state index contributed by atoms with van der Waals surface area (Å²) in [6, 6.07) is 16.8. The Kier molecular flexibility index (Phi) is 6.34. The molecule has 0 radical (unpaired) electrons. The summed E-state index contributed by atoms with van der Waals surface area (Å²) in [7, 11) is 0. The van der Waals surface area contributed by atoms with E-state index in [1.807, 2.05) is 0 Å². The van der Waals surface area contributed by atoms with E-state index < -0.39 is 6.10 Å². The van der Waals surface area contributed by atoms with Gasteiger partial charge in [-0.25, -0.2) is 4.39 Å². The molecule has 5 rings (SSSR count). The van der Waals surface area contributed by atoms with Gasteiger partial charge < -0.3 is 19.9 Å². The normalized spacial score (nSPS) is 31.7. The van der Waals surface area contributed by atoms with Crippen LogP contribution in [-0.4, -0.2) is 60.3 Å². The molecule has 0 amide bonds. The number of benzene rings is 2. The van der Waals surface area contributed by atoms with Crippen LogP contribution in [0.3, 0.4) is 0 Å². The van der Waals surface area contributed by atoms with Crippen LogP contribution in [0.25, 0.3) is 0 Å². The van der Waals surface area contributed by atoms with Crippen LogP contribution in [0.2, 0.25) is 0 Å². The van der Waals surface area contributed by atoms with Crippen molar-refractivity contribution in [3.8, 4) is 0 Å². The fourth-order valence-electron chi connectivity index (χ4n) is 5.28. The van der Waals surface area contributed by atoms with E-state index in [9.17, 15) is 9.50 Å². The number of hydrogen-bond acceptors (Lipinski definition) is 5. The Morgan fingerprint density at radius 2 is 1.74 bits per heavy atom. The van der Waals surface area contributed by atoms with Crippen LogP contribution in [0.1, 0.15) is 24.0 Å². The highest BCUT2D eigenvalue weighted by Gasteiger charge is 2.52. The van der Waals surface area contributed by atoms with Crippen molar-refractivity contribution in [1.82, 2.24) is 10.2 Å². The van der Waals surface area contributed by atoms with E-state index in [1.165, 1.54) is 17.7 Å². The fourth-order valence-corrected chi connectivity index (χ4v) is 5.28. The number of fused-ring (bicyclic) bond motifs is 2. The van der Waals surface area contributed by atoms with Crippen LogP contribution in [0.4, 0.5) is 4.39 Å². The highest BCUT2D eigenvalue weighted by Crippen LogP contribution is 2.34. The largest absolute Gasteiger partial charge is 0.390 e. The number of rotatable bonds is 6. The van der Waals surface area contributed by atoms with Crippen molar-refractivity contribution in [3.05, 3.63) is 71.5 Å². The summed E-state index contributed by atoms with van der Waals surface area (Å²) in [5.41, 5.74) is 2.38. The average Bonchev–Trinajstić information content (AvgIpc) is 3.22. The molecular formula is C25H31FN2O3. The summed E-state index contributed by atoms with van der Waals surface area (Å²) in [5.74, 6) is 0.428. The lowest BCUT2D eigenvalue weighted by atomic mass is 9.87. The lowest BCUT2D eigenvalue weighted by Crippen LogP contribution is -2.65. The van der Waals surface area contributed by atoms with Gasteiger partial charge >= 0.3 is 0 Å². The summed E-state index contributed by atoms with van der Waals surface area (Å²) in [6.07, 6.45) is 2.24. The van der Waals surface area contributed by atoms with Gasteiger partial charge in [-0.2, -0.15) is 0 Å². The van der Waals surface area contributed by atoms with Crippen molar-refractivity contribution in [2.45, 2.75) is 56.4 Å². The molecule has 0 aliphatic carbocycles. The molecule has 3 fully saturated rings. The lowest BCUT2D eigenvalue weighted by Gasteiger charge is -2.46. The quantitative estimate of drug-likeness (QED) is 0.744. The molecule has 3 saturated heterocycles. The summed E-state index contributed by atoms with van der Waals surface area (Å²) in [5, 5.41) is 14.7. The van der Waals surface area contributed by atoms with Gasteiger partial charge in [-0.15, -0.1) is 0 Å². The van der Waals surface area contributed by atoms with Crippen molar-refractivity contribution < 1.29 is 19.0 Å². The van der Waals surface area contributed by atoms with Crippen LogP contribution in [-0.2, 0) is 22.4 Å². The molecule has 2 bridgehead atoms. The topological polar surface area (TPSA) is 54.0 Å². The van der Waals surface area contributed by atoms with E-state index in [0.717, 1.165) is 37.9 Å². The SMILES string of the molecule is O[C@H]1[C@H](NCc2ccc(F)cc2)[C@@H]2CO[C@H](O2)[C@H]1N1CCC(Cc2ccccc2)CC1. The zero-order valence-corrected chi connectivity index (χ0v) is 17.7. The summed E-state index contributed by atoms with van der Waals surface area (Å²) in [6.45, 7) is 2.93. The second kappa shape index (κ2) is 9.35. The van der Waals surface area contributed by atoms with Gasteiger partial charge in [-0.3, -0.25) is 4.90 Å². The molecule has 3 heterocycles. The first-order valence-electron chi connectivity index (χ1n) is 11.4. The number of aliphatic hydroxyl groups excluding tert-OH is 1. The third kappa shape index (κ3) is 4.69. The highest BCUT2D eigenvalue weighted by atomic mass is 19.1. The molecule has 166 valence electrons. The first-order chi connectivity index (χ1) is 15.2. The third-order valence-corrected chi connectivity index (χ3v) is 7.02. The fraction of sp³-hybridized carbons (Fsp3) is 0.520. The molecule has 0 saturated carbocycles. The number of nitrogens with zero attached hydrogens (tertiary/aromatic N) is 1. The minimum atomic E-state index is -0.572. The number of ether oxygens (including phenoxy) is 2. The predicted molar refractivity (Wildman–Crippen MR) is 116 cm³/mol. The number of nitrogens with one attached hydrogen (secondary N) is 1. The Bertz CT molecular complexity index is 842. The van der Waals surface area contributed by atoms with E-state index in [1.54, 1.807) is 12.1 Å². The van der Waals surface area contributed by atoms with Crippen molar-refractivity contribution in [2.24, 2.45) is 5.92 Å². The number of aliphatic hydroxyl groups is 1. The maximum Gasteiger partial charge on any atom is 0.176 e. The molecule has 0 spiro atoms. The first-order valence-corrected chi connectivity index (χ1v) is 11.4. The van der Waals surface area contributed by atoms with Gasteiger partial charge in [0.1, 0.15) is 11.9 Å². The molecular weight excluding hydrogens is 395 g/mol. The molecule has 5 nitrogen and oxygen atoms in total. The van der Waals surface area contributed by atoms with Crippen molar-refractivity contribution >= 4 is 0 Å². The van der Waals surface area contributed by atoms with E-state index in [0.29, 0.717) is 19.1 Å². The van der Waals surface area contributed by atoms with E-state index in [-0.39, 0.29) is 30.3 Å². The third-order valence-electron chi connectivity index (χ3n) is 7.02. The Hall–Kier alpha value is -1.83. The smallest absolute Gasteiger partial charge is 0.176 e. The monoisotopic (exact) mass is 426 g/mol. The molecule has 3 aliphatic rings. The second-order valence-corrected chi connectivity index (χ2v) is 9.06. The molecule has 2 aromatic carbocycles. The van der Waals surface area contributed by atoms with Gasteiger partial charge in [0, 0.05) is 6.54 Å². The average molecular weight is 427 g/mol. The van der Waals surface area contributed by atoms with Crippen LogP contribution >= 0.6 is 0 Å². The molecule has 5 atom stereocenters. The van der Waals surface area contributed by atoms with Gasteiger partial charge in [0.15, 0.2) is 6.29 Å². The standard InChI is InChI=1S/C25H31FN2O3/c26-20-8-6-19(7-9-20)15-27-22-21-16-30-25(31-21)23(24(22)29)28-12-10-18(11-13-28)14-17-4-2-1-3-5-17/h1-9,18,21-25,27,29H,10-16H2/t21-,22+,23-,24-,25+/m0/s1. The predicted octanol–water partition coefficient (Wildman–Crippen LogP) is 2.72. The summed E-state index contributed by atoms with van der Waals surface area (Å²) < 4.78 is 25.2. The number of likely N-dealkylation sites (tertiary alicyclic amines) is 1. The van der Waals surface area contributed by atoms with Gasteiger partial charge in [0.25, 0.3) is 0 Å². The van der Waals surface area contributed by atoms with Gasteiger partial charge in [-0.05, 0) is 61.5 Å². The molecule has 6 heteroatoms. The minimum absolute atomic E-state index is 0.160. The zero-order valence-electron chi connectivity index (χ0n) is 17.7. The van der Waals surface area contributed by atoms with Gasteiger partial charge in [0.2, 0.25) is 0 Å². The molecule has 3 aliphatic heterocycles. The van der Waals surface area contributed by atoms with E-state index in [4.69, 9.17) is 9.47 Å².